The van der Waals surface area contributed by atoms with Gasteiger partial charge in [-0.2, -0.15) is 0 Å². The van der Waals surface area contributed by atoms with Gasteiger partial charge in [0.05, 0.1) is 11.8 Å². The summed E-state index contributed by atoms with van der Waals surface area (Å²) >= 11 is 0.960. The van der Waals surface area contributed by atoms with Crippen molar-refractivity contribution in [1.82, 2.24) is 10.3 Å². The van der Waals surface area contributed by atoms with E-state index in [0.717, 1.165) is 22.9 Å². The molecule has 0 saturated carbocycles. The zero-order chi connectivity index (χ0) is 19.6. The number of benzene rings is 1. The molecular weight excluding hydrogens is 366 g/mol. The number of nitrogens with zero attached hydrogens (tertiary/aromatic N) is 1. The van der Waals surface area contributed by atoms with Gasteiger partial charge in [-0.05, 0) is 30.7 Å². The molecule has 2 amide bonds. The number of aromatic nitrogens is 1. The first kappa shape index (κ1) is 20.4. The van der Waals surface area contributed by atoms with E-state index >= 15 is 0 Å². The van der Waals surface area contributed by atoms with Crippen LogP contribution < -0.4 is 10.6 Å². The molecule has 1 heterocycles. The van der Waals surface area contributed by atoms with Crippen LogP contribution in [0.5, 0.6) is 0 Å². The molecule has 0 aliphatic rings. The predicted molar refractivity (Wildman–Crippen MR) is 104 cm³/mol. The number of hydrogen-bond donors (Lipinski definition) is 2. The lowest BCUT2D eigenvalue weighted by molar-refractivity contribution is -0.114. The highest BCUT2D eigenvalue weighted by Gasteiger charge is 2.11. The smallest absolute Gasteiger partial charge is 0.407 e. The molecule has 0 fully saturated rings. The SMILES string of the molecule is CC(=O)SCC(=O)Nc1ccc([C@@H](C)NC(=O)OCc2cccnc2)cc1. The molecule has 27 heavy (non-hydrogen) atoms. The third kappa shape index (κ3) is 7.49. The molecule has 1 aromatic carbocycles. The van der Waals surface area contributed by atoms with Gasteiger partial charge in [0.2, 0.25) is 5.91 Å². The number of anilines is 1. The van der Waals surface area contributed by atoms with Crippen molar-refractivity contribution in [3.05, 3.63) is 59.9 Å². The number of carbonyl (C=O) groups excluding carboxylic acids is 3. The molecule has 0 unspecified atom stereocenters. The number of hydrogen-bond acceptors (Lipinski definition) is 6. The zero-order valence-electron chi connectivity index (χ0n) is 15.1. The van der Waals surface area contributed by atoms with Gasteiger partial charge in [0.25, 0.3) is 0 Å². The predicted octanol–water partition coefficient (Wildman–Crippen LogP) is 3.29. The highest BCUT2D eigenvalue weighted by molar-refractivity contribution is 8.14. The van der Waals surface area contributed by atoms with E-state index in [1.54, 1.807) is 42.7 Å². The van der Waals surface area contributed by atoms with Crippen LogP contribution in [0.15, 0.2) is 48.8 Å². The second-order valence-electron chi connectivity index (χ2n) is 5.75. The summed E-state index contributed by atoms with van der Waals surface area (Å²) in [4.78, 5) is 38.4. The third-order valence-corrected chi connectivity index (χ3v) is 4.34. The van der Waals surface area contributed by atoms with E-state index in [4.69, 9.17) is 4.74 Å². The van der Waals surface area contributed by atoms with E-state index in [1.165, 1.54) is 6.92 Å². The van der Waals surface area contributed by atoms with Gasteiger partial charge in [-0.25, -0.2) is 4.79 Å². The molecular formula is C19H21N3O4S. The summed E-state index contributed by atoms with van der Waals surface area (Å²) in [7, 11) is 0. The molecule has 0 spiro atoms. The van der Waals surface area contributed by atoms with E-state index in [0.29, 0.717) is 5.69 Å². The number of thioether (sulfide) groups is 1. The van der Waals surface area contributed by atoms with Crippen LogP contribution in [0.1, 0.15) is 31.0 Å². The van der Waals surface area contributed by atoms with Crippen LogP contribution >= 0.6 is 11.8 Å². The van der Waals surface area contributed by atoms with Crippen LogP contribution in [-0.2, 0) is 20.9 Å². The Hall–Kier alpha value is -2.87. The lowest BCUT2D eigenvalue weighted by atomic mass is 10.1. The standard InChI is InChI=1S/C19H21N3O4S/c1-13(21-19(25)26-11-15-4-3-9-20-10-15)16-5-7-17(8-6-16)22-18(24)12-27-14(2)23/h3-10,13H,11-12H2,1-2H3,(H,21,25)(H,22,24)/t13-/m1/s1. The van der Waals surface area contributed by atoms with Gasteiger partial charge in [0.1, 0.15) is 6.61 Å². The van der Waals surface area contributed by atoms with Gasteiger partial charge in [0, 0.05) is 30.6 Å². The van der Waals surface area contributed by atoms with E-state index in [1.807, 2.05) is 13.0 Å². The molecule has 0 bridgehead atoms. The maximum Gasteiger partial charge on any atom is 0.407 e. The van der Waals surface area contributed by atoms with E-state index in [9.17, 15) is 14.4 Å². The largest absolute Gasteiger partial charge is 0.445 e. The fourth-order valence-corrected chi connectivity index (χ4v) is 2.56. The monoisotopic (exact) mass is 387 g/mol. The lowest BCUT2D eigenvalue weighted by Crippen LogP contribution is -2.27. The Morgan fingerprint density at radius 2 is 1.93 bits per heavy atom. The highest BCUT2D eigenvalue weighted by Crippen LogP contribution is 2.17. The van der Waals surface area contributed by atoms with Crippen molar-refractivity contribution >= 4 is 34.6 Å². The highest BCUT2D eigenvalue weighted by atomic mass is 32.2. The first-order valence-corrected chi connectivity index (χ1v) is 9.28. The Morgan fingerprint density at radius 3 is 2.56 bits per heavy atom. The van der Waals surface area contributed by atoms with Crippen molar-refractivity contribution in [1.29, 1.82) is 0 Å². The minimum atomic E-state index is -0.523. The van der Waals surface area contributed by atoms with Crippen LogP contribution in [-0.4, -0.2) is 27.9 Å². The van der Waals surface area contributed by atoms with Gasteiger partial charge in [-0.1, -0.05) is 30.0 Å². The van der Waals surface area contributed by atoms with Crippen LogP contribution in [0.3, 0.4) is 0 Å². The maximum absolute atomic E-state index is 11.9. The Labute approximate surface area is 161 Å². The van der Waals surface area contributed by atoms with Crippen LogP contribution in [0.2, 0.25) is 0 Å². The van der Waals surface area contributed by atoms with Crippen molar-refractivity contribution in [2.24, 2.45) is 0 Å². The molecule has 2 rings (SSSR count). The van der Waals surface area contributed by atoms with Gasteiger partial charge >= 0.3 is 6.09 Å². The van der Waals surface area contributed by atoms with Crippen LogP contribution in [0.25, 0.3) is 0 Å². The molecule has 7 nitrogen and oxygen atoms in total. The van der Waals surface area contributed by atoms with Gasteiger partial charge < -0.3 is 15.4 Å². The fraction of sp³-hybridized carbons (Fsp3) is 0.263. The molecule has 8 heteroatoms. The lowest BCUT2D eigenvalue weighted by Gasteiger charge is -2.15. The molecule has 2 aromatic rings. The van der Waals surface area contributed by atoms with Crippen molar-refractivity contribution in [2.75, 3.05) is 11.1 Å². The van der Waals surface area contributed by atoms with Crippen molar-refractivity contribution in [3.8, 4) is 0 Å². The molecule has 1 aromatic heterocycles. The van der Waals surface area contributed by atoms with E-state index in [-0.39, 0.29) is 29.4 Å². The summed E-state index contributed by atoms with van der Waals surface area (Å²) in [6.45, 7) is 3.40. The van der Waals surface area contributed by atoms with Crippen molar-refractivity contribution < 1.29 is 19.1 Å². The number of nitrogens with one attached hydrogen (secondary N) is 2. The summed E-state index contributed by atoms with van der Waals surface area (Å²) in [6.07, 6.45) is 2.77. The zero-order valence-corrected chi connectivity index (χ0v) is 15.9. The van der Waals surface area contributed by atoms with Gasteiger partial charge in [-0.15, -0.1) is 0 Å². The van der Waals surface area contributed by atoms with E-state index < -0.39 is 6.09 Å². The van der Waals surface area contributed by atoms with Crippen molar-refractivity contribution in [2.45, 2.75) is 26.5 Å². The normalized spacial score (nSPS) is 11.3. The van der Waals surface area contributed by atoms with Crippen molar-refractivity contribution in [3.63, 3.8) is 0 Å². The Morgan fingerprint density at radius 1 is 1.19 bits per heavy atom. The van der Waals surface area contributed by atoms with Crippen LogP contribution in [0.4, 0.5) is 10.5 Å². The molecule has 142 valence electrons. The summed E-state index contributed by atoms with van der Waals surface area (Å²) in [5, 5.41) is 5.36. The number of pyridine rings is 1. The number of carbonyl (C=O) groups is 3. The summed E-state index contributed by atoms with van der Waals surface area (Å²) < 4.78 is 5.17. The Kier molecular flexibility index (Phi) is 7.81. The molecule has 0 aliphatic carbocycles. The molecule has 2 N–H and O–H groups in total. The Balaban J connectivity index is 1.80. The number of amides is 2. The van der Waals surface area contributed by atoms with E-state index in [2.05, 4.69) is 15.6 Å². The second-order valence-corrected chi connectivity index (χ2v) is 6.91. The average Bonchev–Trinajstić information content (AvgIpc) is 2.66. The van der Waals surface area contributed by atoms with Gasteiger partial charge in [0.15, 0.2) is 5.12 Å². The molecule has 0 radical (unpaired) electrons. The second kappa shape index (κ2) is 10.3. The van der Waals surface area contributed by atoms with Gasteiger partial charge in [-0.3, -0.25) is 14.6 Å². The maximum atomic E-state index is 11.9. The first-order chi connectivity index (χ1) is 12.9. The molecule has 0 aliphatic heterocycles. The minimum absolute atomic E-state index is 0.0812. The number of alkyl carbamates (subject to hydrolysis) is 1. The third-order valence-electron chi connectivity index (χ3n) is 3.53. The average molecular weight is 387 g/mol. The Bertz CT molecular complexity index is 781. The fourth-order valence-electron chi connectivity index (χ4n) is 2.15. The summed E-state index contributed by atoms with van der Waals surface area (Å²) in [5.74, 6) is -0.161. The minimum Gasteiger partial charge on any atom is -0.445 e. The summed E-state index contributed by atoms with van der Waals surface area (Å²) in [5.41, 5.74) is 2.30. The molecule has 1 atom stereocenters. The van der Waals surface area contributed by atoms with Crippen LogP contribution in [0, 0.1) is 0 Å². The topological polar surface area (TPSA) is 97.4 Å². The molecule has 0 saturated heterocycles. The number of rotatable bonds is 7. The quantitative estimate of drug-likeness (QED) is 0.757. The summed E-state index contributed by atoms with van der Waals surface area (Å²) in [6, 6.07) is 10.4. The number of ether oxygens (including phenoxy) is 1. The first-order valence-electron chi connectivity index (χ1n) is 8.29.